The molecule has 0 spiro atoms. The van der Waals surface area contributed by atoms with Crippen molar-refractivity contribution in [1.29, 1.82) is 0 Å². The molecule has 1 rings (SSSR count). The Bertz CT molecular complexity index is 701. The average molecular weight is 368 g/mol. The monoisotopic (exact) mass is 367 g/mol. The molecule has 0 bridgehead atoms. The Labute approximate surface area is 166 Å². The molecule has 2 nitrogen and oxygen atoms in total. The van der Waals surface area contributed by atoms with Crippen LogP contribution in [0.2, 0.25) is 0 Å². The summed E-state index contributed by atoms with van der Waals surface area (Å²) in [6.45, 7) is 17.7. The van der Waals surface area contributed by atoms with E-state index in [2.05, 4.69) is 79.7 Å². The van der Waals surface area contributed by atoms with E-state index in [1.165, 1.54) is 0 Å². The molecule has 0 unspecified atom stereocenters. The largest absolute Gasteiger partial charge is 0.308 e. The third kappa shape index (κ3) is 7.21. The van der Waals surface area contributed by atoms with E-state index in [0.717, 1.165) is 22.4 Å². The van der Waals surface area contributed by atoms with Crippen molar-refractivity contribution >= 4 is 5.91 Å². The Morgan fingerprint density at radius 1 is 1.00 bits per heavy atom. The molecule has 1 aromatic carbocycles. The van der Waals surface area contributed by atoms with E-state index in [9.17, 15) is 4.79 Å². The van der Waals surface area contributed by atoms with E-state index >= 15 is 0 Å². The first kappa shape index (κ1) is 23.0. The molecule has 0 N–H and O–H groups in total. The lowest BCUT2D eigenvalue weighted by Crippen LogP contribution is -2.34. The number of rotatable bonds is 8. The van der Waals surface area contributed by atoms with Crippen LogP contribution in [0.15, 0.2) is 59.8 Å². The van der Waals surface area contributed by atoms with Gasteiger partial charge in [-0.15, -0.1) is 0 Å². The van der Waals surface area contributed by atoms with Crippen molar-refractivity contribution in [3.8, 4) is 0 Å². The van der Waals surface area contributed by atoms with Gasteiger partial charge in [-0.1, -0.05) is 83.5 Å². The predicted octanol–water partition coefficient (Wildman–Crippen LogP) is 6.97. The molecule has 0 saturated heterocycles. The van der Waals surface area contributed by atoms with Gasteiger partial charge in [0.25, 0.3) is 5.91 Å². The SMILES string of the molecule is CC(C)=C(/C=C\C=C/C(C)C)N(CC(C)C)C(=O)c1ccccc1C(C)C. The van der Waals surface area contributed by atoms with Crippen molar-refractivity contribution in [3.63, 3.8) is 0 Å². The van der Waals surface area contributed by atoms with Gasteiger partial charge in [0.15, 0.2) is 0 Å². The molecule has 0 aliphatic heterocycles. The minimum Gasteiger partial charge on any atom is -0.308 e. The van der Waals surface area contributed by atoms with Crippen LogP contribution in [0.5, 0.6) is 0 Å². The number of benzene rings is 1. The fraction of sp³-hybridized carbons (Fsp3) is 0.480. The molecule has 148 valence electrons. The molecule has 1 amide bonds. The second-order valence-corrected chi connectivity index (χ2v) is 8.42. The van der Waals surface area contributed by atoms with Gasteiger partial charge >= 0.3 is 0 Å². The van der Waals surface area contributed by atoms with Gasteiger partial charge in [-0.2, -0.15) is 0 Å². The lowest BCUT2D eigenvalue weighted by atomic mass is 9.96. The quantitative estimate of drug-likeness (QED) is 0.454. The minimum atomic E-state index is 0.0849. The number of hydrogen-bond donors (Lipinski definition) is 0. The number of carbonyl (C=O) groups excluding carboxylic acids is 1. The Kier molecular flexibility index (Phi) is 9.28. The molecule has 0 aromatic heterocycles. The van der Waals surface area contributed by atoms with Crippen molar-refractivity contribution in [2.75, 3.05) is 6.54 Å². The van der Waals surface area contributed by atoms with E-state index in [1.54, 1.807) is 0 Å². The molecule has 0 fully saturated rings. The first-order chi connectivity index (χ1) is 12.6. The Morgan fingerprint density at radius 2 is 1.63 bits per heavy atom. The van der Waals surface area contributed by atoms with Crippen LogP contribution in [0, 0.1) is 11.8 Å². The zero-order valence-electron chi connectivity index (χ0n) is 18.4. The molecule has 27 heavy (non-hydrogen) atoms. The summed E-state index contributed by atoms with van der Waals surface area (Å²) >= 11 is 0. The fourth-order valence-electron chi connectivity index (χ4n) is 2.96. The number of hydrogen-bond acceptors (Lipinski definition) is 1. The zero-order chi connectivity index (χ0) is 20.6. The van der Waals surface area contributed by atoms with Gasteiger partial charge in [0.2, 0.25) is 0 Å². The lowest BCUT2D eigenvalue weighted by Gasteiger charge is -2.28. The van der Waals surface area contributed by atoms with Crippen molar-refractivity contribution in [1.82, 2.24) is 4.90 Å². The van der Waals surface area contributed by atoms with E-state index in [0.29, 0.717) is 24.3 Å². The molecule has 0 heterocycles. The van der Waals surface area contributed by atoms with Crippen LogP contribution in [-0.2, 0) is 0 Å². The Hall–Kier alpha value is -2.09. The Balaban J connectivity index is 3.34. The summed E-state index contributed by atoms with van der Waals surface area (Å²) in [6, 6.07) is 7.98. The fourth-order valence-corrected chi connectivity index (χ4v) is 2.96. The highest BCUT2D eigenvalue weighted by atomic mass is 16.2. The molecule has 2 heteroatoms. The number of nitrogens with zero attached hydrogens (tertiary/aromatic N) is 1. The molecule has 0 aliphatic rings. The summed E-state index contributed by atoms with van der Waals surface area (Å²) in [5.41, 5.74) is 4.03. The lowest BCUT2D eigenvalue weighted by molar-refractivity contribution is 0.0793. The summed E-state index contributed by atoms with van der Waals surface area (Å²) in [6.07, 6.45) is 8.32. The van der Waals surface area contributed by atoms with Crippen LogP contribution in [0.25, 0.3) is 0 Å². The van der Waals surface area contributed by atoms with Crippen LogP contribution in [0.1, 0.15) is 77.2 Å². The van der Waals surface area contributed by atoms with Gasteiger partial charge in [0, 0.05) is 17.8 Å². The molecule has 0 aliphatic carbocycles. The van der Waals surface area contributed by atoms with E-state index in [1.807, 2.05) is 29.2 Å². The topological polar surface area (TPSA) is 20.3 Å². The second-order valence-electron chi connectivity index (χ2n) is 8.42. The van der Waals surface area contributed by atoms with Gasteiger partial charge in [0.05, 0.1) is 0 Å². The van der Waals surface area contributed by atoms with Crippen molar-refractivity contribution in [2.24, 2.45) is 11.8 Å². The van der Waals surface area contributed by atoms with Crippen LogP contribution in [0.4, 0.5) is 0 Å². The number of allylic oxidation sites excluding steroid dienone is 5. The highest BCUT2D eigenvalue weighted by Gasteiger charge is 2.23. The molecule has 1 aromatic rings. The molecular weight excluding hydrogens is 330 g/mol. The summed E-state index contributed by atoms with van der Waals surface area (Å²) in [5.74, 6) is 1.29. The summed E-state index contributed by atoms with van der Waals surface area (Å²) in [4.78, 5) is 15.5. The van der Waals surface area contributed by atoms with Gasteiger partial charge in [-0.3, -0.25) is 4.79 Å². The standard InChI is InChI=1S/C25H37NO/c1-18(2)13-9-12-16-24(21(7)8)26(17-19(3)4)25(27)23-15-11-10-14-22(23)20(5)6/h9-16,18-20H,17H2,1-8H3/b13-9-,16-12-. The maximum absolute atomic E-state index is 13.5. The molecule has 0 radical (unpaired) electrons. The number of carbonyl (C=O) groups is 1. The van der Waals surface area contributed by atoms with E-state index < -0.39 is 0 Å². The smallest absolute Gasteiger partial charge is 0.258 e. The van der Waals surface area contributed by atoms with Gasteiger partial charge in [0.1, 0.15) is 0 Å². The summed E-state index contributed by atoms with van der Waals surface area (Å²) in [7, 11) is 0. The summed E-state index contributed by atoms with van der Waals surface area (Å²) in [5, 5.41) is 0. The maximum Gasteiger partial charge on any atom is 0.258 e. The van der Waals surface area contributed by atoms with Crippen LogP contribution in [0.3, 0.4) is 0 Å². The zero-order valence-corrected chi connectivity index (χ0v) is 18.4. The van der Waals surface area contributed by atoms with Gasteiger partial charge < -0.3 is 4.90 Å². The second kappa shape index (κ2) is 10.9. The van der Waals surface area contributed by atoms with Gasteiger partial charge in [-0.25, -0.2) is 0 Å². The average Bonchev–Trinajstić information content (AvgIpc) is 2.58. The predicted molar refractivity (Wildman–Crippen MR) is 118 cm³/mol. The van der Waals surface area contributed by atoms with Gasteiger partial charge in [-0.05, 0) is 49.3 Å². The minimum absolute atomic E-state index is 0.0849. The van der Waals surface area contributed by atoms with Crippen LogP contribution < -0.4 is 0 Å². The van der Waals surface area contributed by atoms with E-state index in [4.69, 9.17) is 0 Å². The highest BCUT2D eigenvalue weighted by molar-refractivity contribution is 5.97. The first-order valence-corrected chi connectivity index (χ1v) is 10.1. The van der Waals surface area contributed by atoms with Crippen LogP contribution in [-0.4, -0.2) is 17.4 Å². The number of amides is 1. The van der Waals surface area contributed by atoms with E-state index in [-0.39, 0.29) is 5.91 Å². The first-order valence-electron chi connectivity index (χ1n) is 10.1. The summed E-state index contributed by atoms with van der Waals surface area (Å²) < 4.78 is 0. The van der Waals surface area contributed by atoms with Crippen molar-refractivity contribution in [3.05, 3.63) is 71.0 Å². The highest BCUT2D eigenvalue weighted by Crippen LogP contribution is 2.24. The molecular formula is C25H37NO. The van der Waals surface area contributed by atoms with Crippen LogP contribution >= 0.6 is 0 Å². The maximum atomic E-state index is 13.5. The van der Waals surface area contributed by atoms with Crippen molar-refractivity contribution < 1.29 is 4.79 Å². The van der Waals surface area contributed by atoms with Crippen molar-refractivity contribution in [2.45, 2.75) is 61.3 Å². The molecule has 0 saturated carbocycles. The Morgan fingerprint density at radius 3 is 2.15 bits per heavy atom. The third-order valence-electron chi connectivity index (χ3n) is 4.27. The molecule has 0 atom stereocenters. The third-order valence-corrected chi connectivity index (χ3v) is 4.27. The normalized spacial score (nSPS) is 12.0.